The van der Waals surface area contributed by atoms with Crippen molar-refractivity contribution in [1.29, 1.82) is 0 Å². The maximum atomic E-state index is 14.7. The van der Waals surface area contributed by atoms with Gasteiger partial charge in [0.05, 0.1) is 0 Å². The van der Waals surface area contributed by atoms with Gasteiger partial charge in [-0.25, -0.2) is 14.4 Å². The van der Waals surface area contributed by atoms with Crippen molar-refractivity contribution in [2.75, 3.05) is 13.1 Å². The van der Waals surface area contributed by atoms with Crippen LogP contribution >= 0.6 is 0 Å². The van der Waals surface area contributed by atoms with E-state index in [1.54, 1.807) is 12.4 Å². The largest absolute Gasteiger partial charge is 0.291 e. The molecule has 1 aliphatic rings. The van der Waals surface area contributed by atoms with Gasteiger partial charge >= 0.3 is 0 Å². The minimum absolute atomic E-state index is 0.000928. The van der Waals surface area contributed by atoms with Gasteiger partial charge in [0.1, 0.15) is 0 Å². The van der Waals surface area contributed by atoms with Gasteiger partial charge in [0.2, 0.25) is 0 Å². The zero-order valence-corrected chi connectivity index (χ0v) is 12.8. The molecule has 19 heavy (non-hydrogen) atoms. The molecule has 1 aromatic rings. The van der Waals surface area contributed by atoms with Crippen molar-refractivity contribution >= 4 is 0 Å². The first-order valence-corrected chi connectivity index (χ1v) is 6.79. The Morgan fingerprint density at radius 2 is 1.53 bits per heavy atom. The molecule has 0 amide bonds. The number of alkyl halides is 1. The first-order valence-electron chi connectivity index (χ1n) is 6.79. The molecule has 0 bridgehead atoms. The molecule has 106 valence electrons. The molecule has 0 atom stereocenters. The van der Waals surface area contributed by atoms with Crippen LogP contribution in [0.15, 0.2) is 12.4 Å². The number of rotatable bonds is 1. The Balaban J connectivity index is 2.12. The van der Waals surface area contributed by atoms with Crippen LogP contribution in [-0.2, 0) is 11.1 Å². The lowest BCUT2D eigenvalue weighted by Crippen LogP contribution is -2.63. The molecule has 3 nitrogen and oxygen atoms in total. The second-order valence-corrected chi connectivity index (χ2v) is 7.54. The summed E-state index contributed by atoms with van der Waals surface area (Å²) in [6.45, 7) is 13.3. The average Bonchev–Trinajstić information content (AvgIpc) is 2.22. The molecular formula is C15H24FN3. The number of halogens is 1. The standard InChI is InChI=1S/C15H24FN3/c1-13(2,3)11-7-17-12(18-8-11)15(16)9-19(10-15)14(4,5)6/h7-8H,9-10H2,1-6H3. The Labute approximate surface area is 115 Å². The first kappa shape index (κ1) is 14.4. The fourth-order valence-corrected chi connectivity index (χ4v) is 2.12. The third-order valence-corrected chi connectivity index (χ3v) is 3.75. The van der Waals surface area contributed by atoms with Crippen molar-refractivity contribution in [2.24, 2.45) is 0 Å². The topological polar surface area (TPSA) is 29.0 Å². The van der Waals surface area contributed by atoms with E-state index in [1.807, 2.05) is 0 Å². The van der Waals surface area contributed by atoms with E-state index < -0.39 is 5.67 Å². The summed E-state index contributed by atoms with van der Waals surface area (Å²) in [5.41, 5.74) is -0.351. The van der Waals surface area contributed by atoms with Gasteiger partial charge in [-0.2, -0.15) is 0 Å². The lowest BCUT2D eigenvalue weighted by Gasteiger charge is -2.50. The van der Waals surface area contributed by atoms with Crippen LogP contribution in [0.25, 0.3) is 0 Å². The highest BCUT2D eigenvalue weighted by Gasteiger charge is 2.50. The zero-order valence-electron chi connectivity index (χ0n) is 12.8. The molecule has 1 saturated heterocycles. The van der Waals surface area contributed by atoms with E-state index in [4.69, 9.17) is 0 Å². The van der Waals surface area contributed by atoms with Crippen molar-refractivity contribution in [2.45, 2.75) is 58.2 Å². The average molecular weight is 265 g/mol. The van der Waals surface area contributed by atoms with Gasteiger partial charge in [0, 0.05) is 31.0 Å². The number of likely N-dealkylation sites (tertiary alicyclic amines) is 1. The van der Waals surface area contributed by atoms with Gasteiger partial charge in [-0.3, -0.25) is 4.90 Å². The predicted molar refractivity (Wildman–Crippen MR) is 74.8 cm³/mol. The Bertz CT molecular complexity index is 448. The van der Waals surface area contributed by atoms with E-state index >= 15 is 0 Å². The first-order chi connectivity index (χ1) is 8.52. The van der Waals surface area contributed by atoms with E-state index in [0.717, 1.165) is 5.56 Å². The fraction of sp³-hybridized carbons (Fsp3) is 0.733. The Kier molecular flexibility index (Phi) is 3.21. The molecule has 0 radical (unpaired) electrons. The predicted octanol–water partition coefficient (Wildman–Crippen LogP) is 3.05. The minimum Gasteiger partial charge on any atom is -0.291 e. The van der Waals surface area contributed by atoms with Crippen molar-refractivity contribution in [3.8, 4) is 0 Å². The summed E-state index contributed by atoms with van der Waals surface area (Å²) in [6, 6.07) is 0. The maximum Gasteiger partial charge on any atom is 0.195 e. The summed E-state index contributed by atoms with van der Waals surface area (Å²) in [6.07, 6.45) is 3.51. The molecule has 4 heteroatoms. The summed E-state index contributed by atoms with van der Waals surface area (Å²) in [7, 11) is 0. The highest BCUT2D eigenvalue weighted by Crippen LogP contribution is 2.38. The summed E-state index contributed by atoms with van der Waals surface area (Å²) in [5.74, 6) is 0.320. The Morgan fingerprint density at radius 3 is 1.89 bits per heavy atom. The van der Waals surface area contributed by atoms with Crippen molar-refractivity contribution < 1.29 is 4.39 Å². The molecule has 2 rings (SSSR count). The summed E-state index contributed by atoms with van der Waals surface area (Å²) in [5, 5.41) is 0. The fourth-order valence-electron chi connectivity index (χ4n) is 2.12. The highest BCUT2D eigenvalue weighted by atomic mass is 19.1. The lowest BCUT2D eigenvalue weighted by atomic mass is 9.87. The summed E-state index contributed by atoms with van der Waals surface area (Å²) >= 11 is 0. The molecule has 0 aromatic carbocycles. The molecule has 0 unspecified atom stereocenters. The molecule has 1 aromatic heterocycles. The van der Waals surface area contributed by atoms with Crippen LogP contribution < -0.4 is 0 Å². The zero-order chi connectivity index (χ0) is 14.5. The second-order valence-electron chi connectivity index (χ2n) is 7.54. The van der Waals surface area contributed by atoms with E-state index in [9.17, 15) is 4.39 Å². The van der Waals surface area contributed by atoms with E-state index in [1.165, 1.54) is 0 Å². The second kappa shape index (κ2) is 4.23. The maximum absolute atomic E-state index is 14.7. The molecule has 2 heterocycles. The van der Waals surface area contributed by atoms with Crippen LogP contribution in [0.3, 0.4) is 0 Å². The van der Waals surface area contributed by atoms with Crippen molar-refractivity contribution in [3.05, 3.63) is 23.8 Å². The highest BCUT2D eigenvalue weighted by molar-refractivity contribution is 5.19. The smallest absolute Gasteiger partial charge is 0.195 e. The van der Waals surface area contributed by atoms with Crippen molar-refractivity contribution in [3.63, 3.8) is 0 Å². The van der Waals surface area contributed by atoms with Crippen molar-refractivity contribution in [1.82, 2.24) is 14.9 Å². The Morgan fingerprint density at radius 1 is 1.05 bits per heavy atom. The van der Waals surface area contributed by atoms with Crippen LogP contribution in [0.2, 0.25) is 0 Å². The van der Waals surface area contributed by atoms with Gasteiger partial charge in [0.25, 0.3) is 0 Å². The molecule has 0 spiro atoms. The number of aromatic nitrogens is 2. The van der Waals surface area contributed by atoms with Crippen LogP contribution in [-0.4, -0.2) is 33.5 Å². The monoisotopic (exact) mass is 265 g/mol. The molecule has 1 aliphatic heterocycles. The Hall–Kier alpha value is -1.03. The quantitative estimate of drug-likeness (QED) is 0.781. The normalized spacial score (nSPS) is 20.2. The minimum atomic E-state index is -1.39. The summed E-state index contributed by atoms with van der Waals surface area (Å²) in [4.78, 5) is 10.6. The van der Waals surface area contributed by atoms with Gasteiger partial charge in [-0.05, 0) is 31.7 Å². The molecule has 0 aliphatic carbocycles. The van der Waals surface area contributed by atoms with Crippen LogP contribution in [0.1, 0.15) is 52.9 Å². The van der Waals surface area contributed by atoms with Gasteiger partial charge in [0.15, 0.2) is 11.5 Å². The van der Waals surface area contributed by atoms with Gasteiger partial charge in [-0.15, -0.1) is 0 Å². The van der Waals surface area contributed by atoms with E-state index in [2.05, 4.69) is 56.4 Å². The molecule has 0 saturated carbocycles. The molecular weight excluding hydrogens is 241 g/mol. The van der Waals surface area contributed by atoms with E-state index in [0.29, 0.717) is 18.9 Å². The lowest BCUT2D eigenvalue weighted by molar-refractivity contribution is -0.0893. The number of nitrogens with zero attached hydrogens (tertiary/aromatic N) is 3. The third-order valence-electron chi connectivity index (χ3n) is 3.75. The molecule has 1 fully saturated rings. The van der Waals surface area contributed by atoms with Crippen LogP contribution in [0.5, 0.6) is 0 Å². The number of hydrogen-bond donors (Lipinski definition) is 0. The third kappa shape index (κ3) is 2.78. The number of hydrogen-bond acceptors (Lipinski definition) is 3. The van der Waals surface area contributed by atoms with Gasteiger partial charge in [-0.1, -0.05) is 20.8 Å². The SMILES string of the molecule is CC(C)(C)c1cnc(C2(F)CN(C(C)(C)C)C2)nc1. The van der Waals surface area contributed by atoms with E-state index in [-0.39, 0.29) is 11.0 Å². The van der Waals surface area contributed by atoms with Crippen LogP contribution in [0, 0.1) is 0 Å². The van der Waals surface area contributed by atoms with Gasteiger partial charge < -0.3 is 0 Å². The molecule has 0 N–H and O–H groups in total. The van der Waals surface area contributed by atoms with Crippen LogP contribution in [0.4, 0.5) is 4.39 Å². The summed E-state index contributed by atoms with van der Waals surface area (Å²) < 4.78 is 14.7.